The first-order chi connectivity index (χ1) is 6.70. The Kier molecular flexibility index (Phi) is 4.11. The van der Waals surface area contributed by atoms with Gasteiger partial charge in [0.15, 0.2) is 0 Å². The summed E-state index contributed by atoms with van der Waals surface area (Å²) in [5, 5.41) is 0. The van der Waals surface area contributed by atoms with Crippen molar-refractivity contribution in [2.75, 3.05) is 7.11 Å². The lowest BCUT2D eigenvalue weighted by Crippen LogP contribution is -2.30. The second kappa shape index (κ2) is 5.13. The van der Waals surface area contributed by atoms with Crippen LogP contribution < -0.4 is 0 Å². The Hall–Kier alpha value is -0.863. The molecule has 0 amide bonds. The van der Waals surface area contributed by atoms with Crippen LogP contribution in [0.4, 0.5) is 0 Å². The van der Waals surface area contributed by atoms with Crippen molar-refractivity contribution in [2.24, 2.45) is 0 Å². The van der Waals surface area contributed by atoms with E-state index in [1.807, 2.05) is 11.8 Å². The predicted octanol–water partition coefficient (Wildman–Crippen LogP) is 3.18. The topological polar surface area (TPSA) is 9.23 Å². The normalized spacial score (nSPS) is 14.7. The minimum atomic E-state index is -1.62. The molecular weight excluding hydrogens is 188 g/mol. The Morgan fingerprint density at radius 3 is 2.50 bits per heavy atom. The van der Waals surface area contributed by atoms with Gasteiger partial charge in [-0.25, -0.2) is 0 Å². The molecule has 0 bridgehead atoms. The Morgan fingerprint density at radius 2 is 2.00 bits per heavy atom. The number of aryl methyl sites for hydroxylation is 1. The number of rotatable bonds is 5. The minimum Gasteiger partial charge on any atom is -0.416 e. The van der Waals surface area contributed by atoms with E-state index in [2.05, 4.69) is 37.4 Å². The lowest BCUT2D eigenvalue weighted by Gasteiger charge is -2.20. The molecule has 0 aliphatic heterocycles. The van der Waals surface area contributed by atoms with E-state index >= 15 is 0 Å². The highest BCUT2D eigenvalue weighted by molar-refractivity contribution is 6.77. The van der Waals surface area contributed by atoms with E-state index in [0.29, 0.717) is 0 Å². The molecule has 76 valence electrons. The molecule has 14 heavy (non-hydrogen) atoms. The fraction of sp³-hybridized carbons (Fsp3) is 0.333. The third-order valence-corrected chi connectivity index (χ3v) is 5.69. The first-order valence-corrected chi connectivity index (χ1v) is 7.62. The van der Waals surface area contributed by atoms with Gasteiger partial charge in [0.2, 0.25) is 8.32 Å². The third-order valence-electron chi connectivity index (χ3n) is 2.65. The highest BCUT2D eigenvalue weighted by atomic mass is 28.4. The molecule has 0 aliphatic rings. The molecule has 1 nitrogen and oxygen atoms in total. The van der Waals surface area contributed by atoms with Gasteiger partial charge in [0.05, 0.1) is 0 Å². The first-order valence-electron chi connectivity index (χ1n) is 4.93. The van der Waals surface area contributed by atoms with Gasteiger partial charge < -0.3 is 4.43 Å². The lowest BCUT2D eigenvalue weighted by molar-refractivity contribution is 0.408. The van der Waals surface area contributed by atoms with Crippen molar-refractivity contribution in [2.45, 2.75) is 19.0 Å². The van der Waals surface area contributed by atoms with Crippen LogP contribution in [0.3, 0.4) is 0 Å². The van der Waals surface area contributed by atoms with Gasteiger partial charge in [0, 0.05) is 7.11 Å². The molecule has 0 saturated carbocycles. The van der Waals surface area contributed by atoms with Gasteiger partial charge >= 0.3 is 0 Å². The monoisotopic (exact) mass is 206 g/mol. The van der Waals surface area contributed by atoms with E-state index in [-0.39, 0.29) is 0 Å². The van der Waals surface area contributed by atoms with Crippen molar-refractivity contribution in [3.05, 3.63) is 48.2 Å². The van der Waals surface area contributed by atoms with E-state index in [1.165, 1.54) is 5.56 Å². The van der Waals surface area contributed by atoms with Crippen LogP contribution >= 0.6 is 0 Å². The Morgan fingerprint density at radius 1 is 1.36 bits per heavy atom. The minimum absolute atomic E-state index is 1.09. The molecular formula is C12H18OSi. The average Bonchev–Trinajstić information content (AvgIpc) is 2.27. The van der Waals surface area contributed by atoms with Crippen LogP contribution in [0.15, 0.2) is 42.6 Å². The predicted molar refractivity (Wildman–Crippen MR) is 63.8 cm³/mol. The van der Waals surface area contributed by atoms with Crippen LogP contribution in [0.25, 0.3) is 0 Å². The van der Waals surface area contributed by atoms with E-state index in [9.17, 15) is 0 Å². The van der Waals surface area contributed by atoms with Crippen LogP contribution in [0.5, 0.6) is 0 Å². The van der Waals surface area contributed by atoms with Gasteiger partial charge in [0.1, 0.15) is 0 Å². The van der Waals surface area contributed by atoms with E-state index in [0.717, 1.165) is 12.5 Å². The van der Waals surface area contributed by atoms with Crippen LogP contribution in [-0.4, -0.2) is 15.4 Å². The van der Waals surface area contributed by atoms with Crippen LogP contribution in [-0.2, 0) is 10.8 Å². The van der Waals surface area contributed by atoms with Crippen molar-refractivity contribution >= 4 is 8.32 Å². The van der Waals surface area contributed by atoms with Crippen molar-refractivity contribution < 1.29 is 4.43 Å². The number of benzene rings is 1. The Balaban J connectivity index is 2.52. The van der Waals surface area contributed by atoms with Crippen molar-refractivity contribution in [3.63, 3.8) is 0 Å². The van der Waals surface area contributed by atoms with E-state index in [1.54, 1.807) is 7.11 Å². The summed E-state index contributed by atoms with van der Waals surface area (Å²) in [7, 11) is 0.174. The second-order valence-corrected chi connectivity index (χ2v) is 7.65. The summed E-state index contributed by atoms with van der Waals surface area (Å²) < 4.78 is 5.53. The van der Waals surface area contributed by atoms with Gasteiger partial charge in [-0.3, -0.25) is 0 Å². The summed E-state index contributed by atoms with van der Waals surface area (Å²) >= 11 is 0. The molecule has 1 aromatic rings. The van der Waals surface area contributed by atoms with E-state index < -0.39 is 8.32 Å². The summed E-state index contributed by atoms with van der Waals surface area (Å²) in [5.74, 6) is 0. The molecule has 1 rings (SSSR count). The summed E-state index contributed by atoms with van der Waals surface area (Å²) in [4.78, 5) is 0. The van der Waals surface area contributed by atoms with E-state index in [4.69, 9.17) is 4.43 Å². The zero-order valence-corrected chi connectivity index (χ0v) is 9.99. The maximum atomic E-state index is 5.53. The van der Waals surface area contributed by atoms with Crippen molar-refractivity contribution in [1.82, 2.24) is 0 Å². The van der Waals surface area contributed by atoms with Gasteiger partial charge in [-0.2, -0.15) is 0 Å². The van der Waals surface area contributed by atoms with Crippen molar-refractivity contribution in [3.8, 4) is 0 Å². The molecule has 0 heterocycles. The summed E-state index contributed by atoms with van der Waals surface area (Å²) in [5.41, 5.74) is 3.39. The van der Waals surface area contributed by atoms with Crippen LogP contribution in [0, 0.1) is 0 Å². The second-order valence-electron chi connectivity index (χ2n) is 3.71. The quantitative estimate of drug-likeness (QED) is 0.672. The molecule has 0 radical (unpaired) electrons. The highest BCUT2D eigenvalue weighted by Crippen LogP contribution is 2.15. The molecule has 1 unspecified atom stereocenters. The molecule has 0 saturated heterocycles. The fourth-order valence-corrected chi connectivity index (χ4v) is 2.68. The maximum Gasteiger partial charge on any atom is 0.213 e. The SMILES string of the molecule is C=C[Si](C)(CCc1ccccc1)OC. The molecule has 0 fully saturated rings. The Bertz CT molecular complexity index is 284. The van der Waals surface area contributed by atoms with Crippen LogP contribution in [0.2, 0.25) is 12.6 Å². The molecule has 2 heteroatoms. The van der Waals surface area contributed by atoms with Gasteiger partial charge in [-0.05, 0) is 24.6 Å². The van der Waals surface area contributed by atoms with Gasteiger partial charge in [-0.15, -0.1) is 6.58 Å². The zero-order chi connectivity index (χ0) is 10.4. The standard InChI is InChI=1S/C12H18OSi/c1-4-14(3,13-2)11-10-12-8-6-5-7-9-12/h4-9H,1,10-11H2,2-3H3. The molecule has 0 aliphatic carbocycles. The van der Waals surface area contributed by atoms with Gasteiger partial charge in [-0.1, -0.05) is 36.0 Å². The zero-order valence-electron chi connectivity index (χ0n) is 8.99. The first kappa shape index (κ1) is 11.2. The largest absolute Gasteiger partial charge is 0.416 e. The smallest absolute Gasteiger partial charge is 0.213 e. The summed E-state index contributed by atoms with van der Waals surface area (Å²) in [6.07, 6.45) is 1.09. The van der Waals surface area contributed by atoms with Crippen LogP contribution in [0.1, 0.15) is 5.56 Å². The molecule has 0 spiro atoms. The fourth-order valence-electron chi connectivity index (χ4n) is 1.32. The molecule has 0 N–H and O–H groups in total. The number of hydrogen-bond acceptors (Lipinski definition) is 1. The highest BCUT2D eigenvalue weighted by Gasteiger charge is 2.22. The lowest BCUT2D eigenvalue weighted by atomic mass is 10.2. The number of hydrogen-bond donors (Lipinski definition) is 0. The summed E-state index contributed by atoms with van der Waals surface area (Å²) in [6.45, 7) is 6.05. The average molecular weight is 206 g/mol. The summed E-state index contributed by atoms with van der Waals surface area (Å²) in [6, 6.07) is 11.6. The molecule has 0 aromatic heterocycles. The van der Waals surface area contributed by atoms with Gasteiger partial charge in [0.25, 0.3) is 0 Å². The van der Waals surface area contributed by atoms with Crippen molar-refractivity contribution in [1.29, 1.82) is 0 Å². The molecule has 1 atom stereocenters. The Labute approximate surface area is 87.5 Å². The molecule has 1 aromatic carbocycles. The third kappa shape index (κ3) is 3.12. The maximum absolute atomic E-state index is 5.53.